The van der Waals surface area contributed by atoms with Crippen molar-refractivity contribution in [3.63, 3.8) is 0 Å². The summed E-state index contributed by atoms with van der Waals surface area (Å²) in [7, 11) is 0. The molecule has 0 bridgehead atoms. The first-order chi connectivity index (χ1) is 12.1. The zero-order valence-corrected chi connectivity index (χ0v) is 14.6. The third kappa shape index (κ3) is 4.56. The number of nitrogens with two attached hydrogens (primary N) is 1. The van der Waals surface area contributed by atoms with Crippen LogP contribution in [0.1, 0.15) is 24.6 Å². The molecule has 1 aliphatic heterocycles. The standard InChI is InChI=1S/C16H20N6O2S/c17-13(23)10-22-8-6-18-15(22)12-3-1-7-21(9-12)14(24)11-25-16-19-4-2-5-20-16/h2,4-6,8,12H,1,3,7,9-11H2,(H2,17,23)/t12-/m0/s1. The van der Waals surface area contributed by atoms with E-state index in [0.29, 0.717) is 17.5 Å². The Morgan fingerprint density at radius 3 is 2.80 bits per heavy atom. The van der Waals surface area contributed by atoms with Crippen molar-refractivity contribution in [2.75, 3.05) is 18.8 Å². The fraction of sp³-hybridized carbons (Fsp3) is 0.438. The van der Waals surface area contributed by atoms with Crippen molar-refractivity contribution in [2.45, 2.75) is 30.5 Å². The third-order valence-electron chi connectivity index (χ3n) is 4.08. The van der Waals surface area contributed by atoms with Crippen molar-refractivity contribution in [3.8, 4) is 0 Å². The minimum atomic E-state index is -0.401. The highest BCUT2D eigenvalue weighted by molar-refractivity contribution is 7.99. The largest absolute Gasteiger partial charge is 0.368 e. The molecule has 0 saturated carbocycles. The maximum atomic E-state index is 12.5. The molecular formula is C16H20N6O2S. The predicted octanol–water partition coefficient (Wildman–Crippen LogP) is 0.657. The minimum absolute atomic E-state index is 0.0650. The lowest BCUT2D eigenvalue weighted by Gasteiger charge is -2.32. The molecule has 1 aliphatic rings. The van der Waals surface area contributed by atoms with Crippen LogP contribution in [0.5, 0.6) is 0 Å². The fourth-order valence-electron chi connectivity index (χ4n) is 2.97. The van der Waals surface area contributed by atoms with Crippen LogP contribution in [-0.2, 0) is 16.1 Å². The Morgan fingerprint density at radius 1 is 1.24 bits per heavy atom. The first-order valence-electron chi connectivity index (χ1n) is 8.10. The van der Waals surface area contributed by atoms with E-state index in [0.717, 1.165) is 25.2 Å². The number of aromatic nitrogens is 4. The van der Waals surface area contributed by atoms with Gasteiger partial charge < -0.3 is 15.2 Å². The SMILES string of the molecule is NC(=O)Cn1ccnc1[C@H]1CCCN(C(=O)CSc2ncccn2)C1. The van der Waals surface area contributed by atoms with Crippen molar-refractivity contribution < 1.29 is 9.59 Å². The molecular weight excluding hydrogens is 340 g/mol. The van der Waals surface area contributed by atoms with Crippen molar-refractivity contribution in [1.82, 2.24) is 24.4 Å². The zero-order chi connectivity index (χ0) is 17.6. The number of thioether (sulfide) groups is 1. The summed E-state index contributed by atoms with van der Waals surface area (Å²) >= 11 is 1.34. The van der Waals surface area contributed by atoms with E-state index < -0.39 is 5.91 Å². The van der Waals surface area contributed by atoms with Crippen LogP contribution < -0.4 is 5.73 Å². The van der Waals surface area contributed by atoms with Crippen LogP contribution in [0.4, 0.5) is 0 Å². The Morgan fingerprint density at radius 2 is 2.04 bits per heavy atom. The predicted molar refractivity (Wildman–Crippen MR) is 92.7 cm³/mol. The number of primary amides is 1. The minimum Gasteiger partial charge on any atom is -0.368 e. The first-order valence-corrected chi connectivity index (χ1v) is 9.09. The highest BCUT2D eigenvalue weighted by Gasteiger charge is 2.27. The Labute approximate surface area is 149 Å². The van der Waals surface area contributed by atoms with E-state index in [2.05, 4.69) is 15.0 Å². The number of carbonyl (C=O) groups is 2. The molecule has 3 heterocycles. The Hall–Kier alpha value is -2.42. The number of amides is 2. The molecule has 2 aromatic heterocycles. The molecule has 0 aromatic carbocycles. The van der Waals surface area contributed by atoms with Gasteiger partial charge in [0.25, 0.3) is 0 Å². The fourth-order valence-corrected chi connectivity index (χ4v) is 3.68. The van der Waals surface area contributed by atoms with Crippen LogP contribution in [-0.4, -0.2) is 55.1 Å². The van der Waals surface area contributed by atoms with Crippen LogP contribution in [0.3, 0.4) is 0 Å². The van der Waals surface area contributed by atoms with Crippen molar-refractivity contribution >= 4 is 23.6 Å². The molecule has 0 aliphatic carbocycles. The number of likely N-dealkylation sites (tertiary alicyclic amines) is 1. The second-order valence-corrected chi connectivity index (χ2v) is 6.82. The van der Waals surface area contributed by atoms with Gasteiger partial charge in [-0.3, -0.25) is 9.59 Å². The van der Waals surface area contributed by atoms with E-state index in [4.69, 9.17) is 5.73 Å². The zero-order valence-electron chi connectivity index (χ0n) is 13.7. The highest BCUT2D eigenvalue weighted by atomic mass is 32.2. The highest BCUT2D eigenvalue weighted by Crippen LogP contribution is 2.26. The molecule has 2 aromatic rings. The Kier molecular flexibility index (Phi) is 5.64. The normalized spacial score (nSPS) is 17.4. The van der Waals surface area contributed by atoms with Gasteiger partial charge in [0, 0.05) is 43.8 Å². The van der Waals surface area contributed by atoms with Gasteiger partial charge in [0.1, 0.15) is 12.4 Å². The third-order valence-corrected chi connectivity index (χ3v) is 4.94. The van der Waals surface area contributed by atoms with Crippen molar-refractivity contribution in [2.24, 2.45) is 5.73 Å². The van der Waals surface area contributed by atoms with Gasteiger partial charge in [-0.2, -0.15) is 0 Å². The molecule has 1 saturated heterocycles. The van der Waals surface area contributed by atoms with Crippen LogP contribution in [0.25, 0.3) is 0 Å². The van der Waals surface area contributed by atoms with Gasteiger partial charge in [-0.25, -0.2) is 15.0 Å². The average molecular weight is 360 g/mol. The monoisotopic (exact) mass is 360 g/mol. The quantitative estimate of drug-likeness (QED) is 0.599. The number of piperidine rings is 1. The summed E-state index contributed by atoms with van der Waals surface area (Å²) in [4.78, 5) is 38.1. The van der Waals surface area contributed by atoms with E-state index in [9.17, 15) is 9.59 Å². The summed E-state index contributed by atoms with van der Waals surface area (Å²) in [6, 6.07) is 1.75. The number of hydrogen-bond acceptors (Lipinski definition) is 6. The summed E-state index contributed by atoms with van der Waals surface area (Å²) in [6.45, 7) is 1.45. The van der Waals surface area contributed by atoms with E-state index in [1.54, 1.807) is 35.4 Å². The molecule has 132 valence electrons. The second-order valence-electron chi connectivity index (χ2n) is 5.88. The molecule has 9 heteroatoms. The van der Waals surface area contributed by atoms with Gasteiger partial charge in [-0.1, -0.05) is 11.8 Å². The number of carbonyl (C=O) groups excluding carboxylic acids is 2. The summed E-state index contributed by atoms with van der Waals surface area (Å²) in [6.07, 6.45) is 8.59. The lowest BCUT2D eigenvalue weighted by molar-refractivity contribution is -0.129. The summed E-state index contributed by atoms with van der Waals surface area (Å²) < 4.78 is 1.77. The van der Waals surface area contributed by atoms with Gasteiger partial charge in [0.2, 0.25) is 11.8 Å². The molecule has 0 spiro atoms. The lowest BCUT2D eigenvalue weighted by atomic mass is 9.97. The van der Waals surface area contributed by atoms with E-state index in [1.807, 2.05) is 4.90 Å². The van der Waals surface area contributed by atoms with E-state index in [-0.39, 0.29) is 18.4 Å². The average Bonchev–Trinajstić information content (AvgIpc) is 3.08. The van der Waals surface area contributed by atoms with Gasteiger partial charge in [0.05, 0.1) is 5.75 Å². The summed E-state index contributed by atoms with van der Waals surface area (Å²) in [5.41, 5.74) is 5.29. The van der Waals surface area contributed by atoms with E-state index >= 15 is 0 Å². The maximum Gasteiger partial charge on any atom is 0.237 e. The number of imidazole rings is 1. The van der Waals surface area contributed by atoms with Gasteiger partial charge in [-0.15, -0.1) is 0 Å². The molecule has 25 heavy (non-hydrogen) atoms. The van der Waals surface area contributed by atoms with Crippen LogP contribution in [0, 0.1) is 0 Å². The van der Waals surface area contributed by atoms with Gasteiger partial charge in [-0.05, 0) is 18.9 Å². The van der Waals surface area contributed by atoms with Crippen LogP contribution in [0.2, 0.25) is 0 Å². The molecule has 2 N–H and O–H groups in total. The van der Waals surface area contributed by atoms with Crippen LogP contribution >= 0.6 is 11.8 Å². The van der Waals surface area contributed by atoms with Gasteiger partial charge in [0.15, 0.2) is 5.16 Å². The Bertz CT molecular complexity index is 735. The van der Waals surface area contributed by atoms with Crippen LogP contribution in [0.15, 0.2) is 36.0 Å². The summed E-state index contributed by atoms with van der Waals surface area (Å²) in [5.74, 6) is 0.907. The topological polar surface area (TPSA) is 107 Å². The molecule has 3 rings (SSSR count). The lowest BCUT2D eigenvalue weighted by Crippen LogP contribution is -2.40. The second kappa shape index (κ2) is 8.11. The molecule has 1 atom stereocenters. The Balaban J connectivity index is 1.60. The number of rotatable bonds is 6. The summed E-state index contributed by atoms with van der Waals surface area (Å²) in [5, 5.41) is 0.599. The van der Waals surface area contributed by atoms with Crippen molar-refractivity contribution in [1.29, 1.82) is 0 Å². The first kappa shape index (κ1) is 17.4. The van der Waals surface area contributed by atoms with Gasteiger partial charge >= 0.3 is 0 Å². The molecule has 2 amide bonds. The maximum absolute atomic E-state index is 12.5. The number of nitrogens with zero attached hydrogens (tertiary/aromatic N) is 5. The molecule has 1 fully saturated rings. The number of hydrogen-bond donors (Lipinski definition) is 1. The smallest absolute Gasteiger partial charge is 0.237 e. The molecule has 8 nitrogen and oxygen atoms in total. The molecule has 0 unspecified atom stereocenters. The molecule has 0 radical (unpaired) electrons. The van der Waals surface area contributed by atoms with Crippen molar-refractivity contribution in [3.05, 3.63) is 36.7 Å². The van der Waals surface area contributed by atoms with E-state index in [1.165, 1.54) is 11.8 Å².